The van der Waals surface area contributed by atoms with Crippen molar-refractivity contribution < 1.29 is 24.2 Å². The van der Waals surface area contributed by atoms with Gasteiger partial charge in [0.25, 0.3) is 0 Å². The van der Waals surface area contributed by atoms with E-state index in [9.17, 15) is 14.4 Å². The summed E-state index contributed by atoms with van der Waals surface area (Å²) in [6, 6.07) is -1.22. The van der Waals surface area contributed by atoms with Crippen LogP contribution in [0.4, 0.5) is 0 Å². The summed E-state index contributed by atoms with van der Waals surface area (Å²) in [5, 5.41) is 11.1. The van der Waals surface area contributed by atoms with E-state index < -0.39 is 18.0 Å². The topological polar surface area (TPSA) is 92.7 Å². The predicted molar refractivity (Wildman–Crippen MR) is 60.3 cm³/mol. The van der Waals surface area contributed by atoms with Gasteiger partial charge >= 0.3 is 11.9 Å². The molecule has 0 aliphatic heterocycles. The number of aliphatic carboxylic acids is 1. The number of nitrogens with one attached hydrogen (secondary N) is 1. The molecule has 0 aliphatic rings. The van der Waals surface area contributed by atoms with Gasteiger partial charge in [0.15, 0.2) is 0 Å². The molecule has 6 heteroatoms. The Kier molecular flexibility index (Phi) is 6.93. The maximum absolute atomic E-state index is 11.4. The third kappa shape index (κ3) is 7.32. The lowest BCUT2D eigenvalue weighted by Crippen LogP contribution is -2.42. The smallest absolute Gasteiger partial charge is 0.326 e. The summed E-state index contributed by atoms with van der Waals surface area (Å²) in [6.45, 7) is 5.51. The number of carbonyl (C=O) groups is 3. The van der Waals surface area contributed by atoms with E-state index in [0.29, 0.717) is 0 Å². The van der Waals surface area contributed by atoms with E-state index in [2.05, 4.69) is 10.1 Å². The molecule has 1 amide bonds. The van der Waals surface area contributed by atoms with Crippen LogP contribution in [0.5, 0.6) is 0 Å². The minimum absolute atomic E-state index is 0.132. The van der Waals surface area contributed by atoms with Crippen molar-refractivity contribution in [2.24, 2.45) is 5.92 Å². The van der Waals surface area contributed by atoms with Crippen LogP contribution >= 0.6 is 0 Å². The van der Waals surface area contributed by atoms with Crippen molar-refractivity contribution in [1.29, 1.82) is 0 Å². The number of hydrogen-bond acceptors (Lipinski definition) is 4. The molecule has 0 saturated heterocycles. The van der Waals surface area contributed by atoms with Crippen LogP contribution in [-0.4, -0.2) is 35.6 Å². The van der Waals surface area contributed by atoms with Crippen LogP contribution in [0.1, 0.15) is 33.6 Å². The molecule has 0 aliphatic carbocycles. The van der Waals surface area contributed by atoms with Gasteiger partial charge in [0.2, 0.25) is 5.91 Å². The fourth-order valence-electron chi connectivity index (χ4n) is 1.21. The van der Waals surface area contributed by atoms with Crippen LogP contribution < -0.4 is 5.32 Å². The van der Waals surface area contributed by atoms with E-state index in [-0.39, 0.29) is 31.3 Å². The van der Waals surface area contributed by atoms with Crippen molar-refractivity contribution in [2.75, 3.05) is 6.61 Å². The molecule has 98 valence electrons. The Labute approximate surface area is 100 Å². The van der Waals surface area contributed by atoms with Crippen molar-refractivity contribution in [3.8, 4) is 0 Å². The molecule has 0 radical (unpaired) electrons. The highest BCUT2D eigenvalue weighted by Crippen LogP contribution is 2.01. The number of carbonyl (C=O) groups excluding carboxylic acids is 2. The Morgan fingerprint density at radius 1 is 1.24 bits per heavy atom. The summed E-state index contributed by atoms with van der Waals surface area (Å²) in [5.41, 5.74) is 0. The summed E-state index contributed by atoms with van der Waals surface area (Å²) in [7, 11) is 0. The average molecular weight is 245 g/mol. The molecule has 0 spiro atoms. The van der Waals surface area contributed by atoms with Crippen LogP contribution in [-0.2, 0) is 19.1 Å². The van der Waals surface area contributed by atoms with Gasteiger partial charge in [-0.2, -0.15) is 0 Å². The van der Waals surface area contributed by atoms with Gasteiger partial charge in [0.05, 0.1) is 13.0 Å². The van der Waals surface area contributed by atoms with E-state index in [4.69, 9.17) is 5.11 Å². The third-order valence-electron chi connectivity index (χ3n) is 1.90. The van der Waals surface area contributed by atoms with Gasteiger partial charge in [0, 0.05) is 6.42 Å². The first-order chi connectivity index (χ1) is 7.86. The number of carboxylic acids is 1. The predicted octanol–water partition coefficient (Wildman–Crippen LogP) is 0.555. The Bertz CT molecular complexity index is 288. The largest absolute Gasteiger partial charge is 0.480 e. The van der Waals surface area contributed by atoms with Crippen molar-refractivity contribution >= 4 is 17.8 Å². The monoisotopic (exact) mass is 245 g/mol. The molecule has 0 unspecified atom stereocenters. The molecule has 0 aromatic rings. The molecule has 0 saturated carbocycles. The lowest BCUT2D eigenvalue weighted by Gasteiger charge is -2.14. The first-order valence-electron chi connectivity index (χ1n) is 5.54. The maximum Gasteiger partial charge on any atom is 0.326 e. The minimum atomic E-state index is -1.24. The zero-order valence-electron chi connectivity index (χ0n) is 10.4. The first-order valence-corrected chi connectivity index (χ1v) is 5.54. The van der Waals surface area contributed by atoms with E-state index in [1.807, 2.05) is 13.8 Å². The fraction of sp³-hybridized carbons (Fsp3) is 0.727. The minimum Gasteiger partial charge on any atom is -0.480 e. The highest BCUT2D eigenvalue weighted by Gasteiger charge is 2.23. The molecular weight excluding hydrogens is 226 g/mol. The molecule has 0 aromatic carbocycles. The van der Waals surface area contributed by atoms with Crippen LogP contribution in [0.3, 0.4) is 0 Å². The number of ether oxygens (including phenoxy) is 1. The normalized spacial score (nSPS) is 12.0. The summed E-state index contributed by atoms with van der Waals surface area (Å²) < 4.78 is 4.63. The molecular formula is C11H19NO5. The molecule has 1 atom stereocenters. The van der Waals surface area contributed by atoms with Crippen molar-refractivity contribution in [2.45, 2.75) is 39.7 Å². The molecule has 0 aromatic heterocycles. The van der Waals surface area contributed by atoms with E-state index in [1.165, 1.54) is 0 Å². The fourth-order valence-corrected chi connectivity index (χ4v) is 1.21. The van der Waals surface area contributed by atoms with Gasteiger partial charge in [-0.15, -0.1) is 0 Å². The number of esters is 1. The van der Waals surface area contributed by atoms with Gasteiger partial charge in [-0.1, -0.05) is 13.8 Å². The number of rotatable bonds is 7. The first kappa shape index (κ1) is 15.4. The number of amides is 1. The summed E-state index contributed by atoms with van der Waals surface area (Å²) >= 11 is 0. The number of carboxylic acid groups (broad SMARTS) is 1. The van der Waals surface area contributed by atoms with Crippen molar-refractivity contribution in [1.82, 2.24) is 5.32 Å². The summed E-state index contributed by atoms with van der Waals surface area (Å²) in [6.07, 6.45) is -0.125. The zero-order valence-corrected chi connectivity index (χ0v) is 10.4. The van der Waals surface area contributed by atoms with E-state index in [1.54, 1.807) is 6.92 Å². The van der Waals surface area contributed by atoms with Crippen LogP contribution in [0.2, 0.25) is 0 Å². The lowest BCUT2D eigenvalue weighted by molar-refractivity contribution is -0.150. The van der Waals surface area contributed by atoms with Crippen LogP contribution in [0.15, 0.2) is 0 Å². The average Bonchev–Trinajstić information content (AvgIpc) is 2.15. The lowest BCUT2D eigenvalue weighted by atomic mass is 10.1. The second-order valence-corrected chi connectivity index (χ2v) is 4.07. The molecule has 2 N–H and O–H groups in total. The summed E-state index contributed by atoms with van der Waals surface area (Å²) in [4.78, 5) is 33.3. The second-order valence-electron chi connectivity index (χ2n) is 4.07. The highest BCUT2D eigenvalue weighted by atomic mass is 16.5. The SMILES string of the molecule is CCOC(=O)C[C@H](NC(=O)CC(C)C)C(=O)O. The van der Waals surface area contributed by atoms with Gasteiger partial charge in [-0.05, 0) is 12.8 Å². The van der Waals surface area contributed by atoms with Crippen LogP contribution in [0, 0.1) is 5.92 Å². The van der Waals surface area contributed by atoms with Gasteiger partial charge < -0.3 is 15.2 Å². The molecule has 0 rings (SSSR count). The van der Waals surface area contributed by atoms with Gasteiger partial charge in [-0.25, -0.2) is 4.79 Å². The quantitative estimate of drug-likeness (QED) is 0.639. The number of hydrogen-bond donors (Lipinski definition) is 2. The Hall–Kier alpha value is -1.59. The molecule has 17 heavy (non-hydrogen) atoms. The summed E-state index contributed by atoms with van der Waals surface area (Å²) in [5.74, 6) is -2.12. The van der Waals surface area contributed by atoms with Crippen molar-refractivity contribution in [3.05, 3.63) is 0 Å². The Morgan fingerprint density at radius 2 is 1.82 bits per heavy atom. The molecule has 0 fully saturated rings. The third-order valence-corrected chi connectivity index (χ3v) is 1.90. The highest BCUT2D eigenvalue weighted by molar-refractivity contribution is 5.87. The molecule has 0 bridgehead atoms. The Morgan fingerprint density at radius 3 is 2.24 bits per heavy atom. The van der Waals surface area contributed by atoms with Crippen LogP contribution in [0.25, 0.3) is 0 Å². The molecule has 6 nitrogen and oxygen atoms in total. The van der Waals surface area contributed by atoms with Crippen molar-refractivity contribution in [3.63, 3.8) is 0 Å². The molecule has 0 heterocycles. The Balaban J connectivity index is 4.29. The van der Waals surface area contributed by atoms with E-state index >= 15 is 0 Å². The van der Waals surface area contributed by atoms with Gasteiger partial charge in [-0.3, -0.25) is 9.59 Å². The second kappa shape index (κ2) is 7.65. The zero-order chi connectivity index (χ0) is 13.4. The maximum atomic E-state index is 11.4. The van der Waals surface area contributed by atoms with Gasteiger partial charge in [0.1, 0.15) is 6.04 Å². The van der Waals surface area contributed by atoms with E-state index in [0.717, 1.165) is 0 Å². The standard InChI is InChI=1S/C11H19NO5/c1-4-17-10(14)6-8(11(15)16)12-9(13)5-7(2)3/h7-8H,4-6H2,1-3H3,(H,12,13)(H,15,16)/t8-/m0/s1.